The lowest BCUT2D eigenvalue weighted by Crippen LogP contribution is -2.45. The minimum absolute atomic E-state index is 0.162. The highest BCUT2D eigenvalue weighted by atomic mass is 16.5. The molecule has 1 fully saturated rings. The number of anilines is 1. The van der Waals surface area contributed by atoms with Gasteiger partial charge >= 0.3 is 0 Å². The molecule has 8 heteroatoms. The Morgan fingerprint density at radius 1 is 0.968 bits per heavy atom. The van der Waals surface area contributed by atoms with Crippen LogP contribution in [-0.2, 0) is 4.74 Å². The molecule has 4 aromatic rings. The van der Waals surface area contributed by atoms with E-state index in [0.717, 1.165) is 63.8 Å². The molecule has 3 aromatic heterocycles. The molecule has 4 heterocycles. The van der Waals surface area contributed by atoms with Crippen LogP contribution in [0, 0.1) is 13.8 Å². The highest BCUT2D eigenvalue weighted by Gasteiger charge is 2.24. The Hall–Kier alpha value is -3.39. The summed E-state index contributed by atoms with van der Waals surface area (Å²) in [4.78, 5) is 20.4. The van der Waals surface area contributed by atoms with Gasteiger partial charge < -0.3 is 9.64 Å². The van der Waals surface area contributed by atoms with Crippen LogP contribution < -0.4 is 4.90 Å². The Bertz CT molecular complexity index is 1240. The van der Waals surface area contributed by atoms with Gasteiger partial charge in [0.25, 0.3) is 0 Å². The van der Waals surface area contributed by atoms with Crippen molar-refractivity contribution in [1.29, 1.82) is 0 Å². The summed E-state index contributed by atoms with van der Waals surface area (Å²) in [6, 6.07) is 8.15. The number of ether oxygens (including phenoxy) is 1. The second-order valence-corrected chi connectivity index (χ2v) is 8.18. The lowest BCUT2D eigenvalue weighted by molar-refractivity contribution is -0.00546. The van der Waals surface area contributed by atoms with Gasteiger partial charge in [0.2, 0.25) is 0 Å². The Balaban J connectivity index is 1.54. The predicted octanol–water partition coefficient (Wildman–Crippen LogP) is 3.71. The van der Waals surface area contributed by atoms with Gasteiger partial charge in [-0.25, -0.2) is 15.0 Å². The first kappa shape index (κ1) is 19.6. The van der Waals surface area contributed by atoms with Gasteiger partial charge in [0.05, 0.1) is 46.7 Å². The zero-order valence-corrected chi connectivity index (χ0v) is 18.1. The molecule has 0 bridgehead atoms. The molecule has 8 nitrogen and oxygen atoms in total. The van der Waals surface area contributed by atoms with Crippen LogP contribution in [0.4, 0.5) is 5.82 Å². The largest absolute Gasteiger partial charge is 0.372 e. The molecule has 0 aliphatic carbocycles. The zero-order valence-electron chi connectivity index (χ0n) is 18.1. The zero-order chi connectivity index (χ0) is 21.5. The Morgan fingerprint density at radius 2 is 1.77 bits per heavy atom. The maximum Gasteiger partial charge on any atom is 0.132 e. The number of nitrogens with one attached hydrogen (secondary N) is 1. The highest BCUT2D eigenvalue weighted by Crippen LogP contribution is 2.30. The molecule has 0 radical (unpaired) electrons. The van der Waals surface area contributed by atoms with Gasteiger partial charge in [0, 0.05) is 30.1 Å². The number of rotatable bonds is 3. The fraction of sp³-hybridized carbons (Fsp3) is 0.348. The normalized spacial score (nSPS) is 19.2. The lowest BCUT2D eigenvalue weighted by Gasteiger charge is -2.36. The topological polar surface area (TPSA) is 92.7 Å². The van der Waals surface area contributed by atoms with E-state index in [4.69, 9.17) is 4.74 Å². The summed E-state index contributed by atoms with van der Waals surface area (Å²) < 4.78 is 5.86. The Kier molecular flexibility index (Phi) is 4.86. The molecule has 0 saturated carbocycles. The Morgan fingerprint density at radius 3 is 2.55 bits per heavy atom. The number of hydrogen-bond donors (Lipinski definition) is 1. The van der Waals surface area contributed by atoms with Gasteiger partial charge in [0.15, 0.2) is 0 Å². The number of aromatic nitrogens is 6. The number of aryl methyl sites for hydroxylation is 2. The first-order chi connectivity index (χ1) is 15.0. The summed E-state index contributed by atoms with van der Waals surface area (Å²) in [6.07, 6.45) is 3.74. The minimum atomic E-state index is 0.162. The number of aromatic amines is 1. The van der Waals surface area contributed by atoms with E-state index in [0.29, 0.717) is 0 Å². The summed E-state index contributed by atoms with van der Waals surface area (Å²) in [5.41, 5.74) is 6.24. The van der Waals surface area contributed by atoms with Crippen molar-refractivity contribution in [2.45, 2.75) is 39.9 Å². The molecular formula is C23H25N7O. The van der Waals surface area contributed by atoms with Gasteiger partial charge in [-0.15, -0.1) is 0 Å². The number of benzene rings is 1. The van der Waals surface area contributed by atoms with E-state index in [2.05, 4.69) is 54.9 Å². The number of morpholine rings is 1. The smallest absolute Gasteiger partial charge is 0.132 e. The van der Waals surface area contributed by atoms with E-state index in [-0.39, 0.29) is 12.2 Å². The van der Waals surface area contributed by atoms with Crippen LogP contribution >= 0.6 is 0 Å². The first-order valence-electron chi connectivity index (χ1n) is 10.5. The van der Waals surface area contributed by atoms with Gasteiger partial charge in [-0.2, -0.15) is 5.10 Å². The quantitative estimate of drug-likeness (QED) is 0.545. The third-order valence-electron chi connectivity index (χ3n) is 5.69. The van der Waals surface area contributed by atoms with E-state index in [9.17, 15) is 0 Å². The van der Waals surface area contributed by atoms with Crippen LogP contribution in [-0.4, -0.2) is 55.4 Å². The SMILES string of the molecule is Cc1ncc(-c2ccc3[nH]nc(-c4cc(N5CC(C)OC(C)C5)ncn4)c3c2)nc1C. The van der Waals surface area contributed by atoms with Crippen molar-refractivity contribution in [1.82, 2.24) is 30.1 Å². The van der Waals surface area contributed by atoms with Crippen molar-refractivity contribution < 1.29 is 4.74 Å². The van der Waals surface area contributed by atoms with Crippen LogP contribution in [0.25, 0.3) is 33.5 Å². The molecule has 0 spiro atoms. The average molecular weight is 416 g/mol. The second kappa shape index (κ2) is 7.70. The molecule has 158 valence electrons. The highest BCUT2D eigenvalue weighted by molar-refractivity contribution is 5.94. The summed E-state index contributed by atoms with van der Waals surface area (Å²) >= 11 is 0. The molecule has 2 unspecified atom stereocenters. The first-order valence-corrected chi connectivity index (χ1v) is 10.5. The summed E-state index contributed by atoms with van der Waals surface area (Å²) in [5.74, 6) is 0.888. The molecule has 1 N–H and O–H groups in total. The van der Waals surface area contributed by atoms with Crippen molar-refractivity contribution >= 4 is 16.7 Å². The van der Waals surface area contributed by atoms with Gasteiger partial charge in [-0.1, -0.05) is 6.07 Å². The fourth-order valence-corrected chi connectivity index (χ4v) is 4.06. The third-order valence-corrected chi connectivity index (χ3v) is 5.69. The van der Waals surface area contributed by atoms with Crippen molar-refractivity contribution in [3.8, 4) is 22.6 Å². The van der Waals surface area contributed by atoms with Crippen LogP contribution in [0.3, 0.4) is 0 Å². The van der Waals surface area contributed by atoms with Crippen molar-refractivity contribution in [2.75, 3.05) is 18.0 Å². The summed E-state index contributed by atoms with van der Waals surface area (Å²) in [7, 11) is 0. The standard InChI is InChI=1S/C23H25N7O/c1-13-10-30(11-14(2)31-13)22-8-20(25-12-26-22)23-18-7-17(5-6-19(18)28-29-23)21-9-24-15(3)16(4)27-21/h5-9,12-14H,10-11H2,1-4H3,(H,28,29). The van der Waals surface area contributed by atoms with Crippen molar-refractivity contribution in [3.63, 3.8) is 0 Å². The molecule has 1 aliphatic rings. The molecule has 1 saturated heterocycles. The number of fused-ring (bicyclic) bond motifs is 1. The lowest BCUT2D eigenvalue weighted by atomic mass is 10.1. The van der Waals surface area contributed by atoms with E-state index in [1.165, 1.54) is 0 Å². The predicted molar refractivity (Wildman–Crippen MR) is 120 cm³/mol. The molecule has 2 atom stereocenters. The number of hydrogen-bond acceptors (Lipinski definition) is 7. The van der Waals surface area contributed by atoms with Crippen LogP contribution in [0.1, 0.15) is 25.2 Å². The van der Waals surface area contributed by atoms with Gasteiger partial charge in [-0.05, 0) is 39.8 Å². The molecule has 1 aromatic carbocycles. The van der Waals surface area contributed by atoms with Crippen molar-refractivity contribution in [3.05, 3.63) is 48.2 Å². The summed E-state index contributed by atoms with van der Waals surface area (Å²) in [6.45, 7) is 9.72. The maximum absolute atomic E-state index is 5.86. The number of H-pyrrole nitrogens is 1. The minimum Gasteiger partial charge on any atom is -0.372 e. The molecular weight excluding hydrogens is 390 g/mol. The molecule has 31 heavy (non-hydrogen) atoms. The number of nitrogens with zero attached hydrogens (tertiary/aromatic N) is 6. The monoisotopic (exact) mass is 415 g/mol. The molecule has 0 amide bonds. The van der Waals surface area contributed by atoms with E-state index < -0.39 is 0 Å². The maximum atomic E-state index is 5.86. The van der Waals surface area contributed by atoms with E-state index in [1.807, 2.05) is 38.2 Å². The van der Waals surface area contributed by atoms with E-state index >= 15 is 0 Å². The van der Waals surface area contributed by atoms with Gasteiger partial charge in [0.1, 0.15) is 17.8 Å². The fourth-order valence-electron chi connectivity index (χ4n) is 4.06. The molecule has 5 rings (SSSR count). The Labute approximate surface area is 180 Å². The van der Waals surface area contributed by atoms with Crippen LogP contribution in [0.15, 0.2) is 36.8 Å². The molecule has 1 aliphatic heterocycles. The average Bonchev–Trinajstić information content (AvgIpc) is 3.18. The van der Waals surface area contributed by atoms with Crippen LogP contribution in [0.5, 0.6) is 0 Å². The van der Waals surface area contributed by atoms with E-state index in [1.54, 1.807) is 6.33 Å². The second-order valence-electron chi connectivity index (χ2n) is 8.18. The third kappa shape index (κ3) is 3.74. The van der Waals surface area contributed by atoms with Crippen LogP contribution in [0.2, 0.25) is 0 Å². The van der Waals surface area contributed by atoms with Gasteiger partial charge in [-0.3, -0.25) is 10.1 Å². The summed E-state index contributed by atoms with van der Waals surface area (Å²) in [5, 5.41) is 8.66. The van der Waals surface area contributed by atoms with Crippen molar-refractivity contribution in [2.24, 2.45) is 0 Å².